The highest BCUT2D eigenvalue weighted by molar-refractivity contribution is 5.46. The molecule has 0 fully saturated rings. The van der Waals surface area contributed by atoms with Crippen molar-refractivity contribution < 1.29 is 0 Å². The van der Waals surface area contributed by atoms with Crippen LogP contribution in [-0.2, 0) is 0 Å². The molecule has 2 aromatic rings. The number of hydrogen-bond donors (Lipinski definition) is 0. The average molecular weight is 332 g/mol. The summed E-state index contributed by atoms with van der Waals surface area (Å²) in [4.78, 5) is 0. The topological polar surface area (TPSA) is 23.8 Å². The Balaban J connectivity index is 2.31. The molecule has 1 nitrogen and oxygen atoms in total. The number of benzene rings is 2. The average Bonchev–Trinajstić information content (AvgIpc) is 2.68. The van der Waals surface area contributed by atoms with Crippen molar-refractivity contribution in [1.29, 1.82) is 5.26 Å². The summed E-state index contributed by atoms with van der Waals surface area (Å²) in [6.45, 7) is 4.50. The number of unbranched alkanes of at least 4 members (excludes halogenated alkanes) is 1. The van der Waals surface area contributed by atoms with Crippen LogP contribution < -0.4 is 0 Å². The van der Waals surface area contributed by atoms with Gasteiger partial charge < -0.3 is 0 Å². The molecule has 0 saturated heterocycles. The van der Waals surface area contributed by atoms with E-state index >= 15 is 0 Å². The van der Waals surface area contributed by atoms with Crippen molar-refractivity contribution in [3.8, 4) is 6.07 Å². The van der Waals surface area contributed by atoms with Crippen LogP contribution in [0.25, 0.3) is 0 Å². The Morgan fingerprint density at radius 2 is 1.52 bits per heavy atom. The molecule has 0 spiro atoms. The van der Waals surface area contributed by atoms with Gasteiger partial charge in [-0.15, -0.1) is 0 Å². The predicted molar refractivity (Wildman–Crippen MR) is 106 cm³/mol. The molecule has 0 heterocycles. The van der Waals surface area contributed by atoms with Crippen molar-refractivity contribution in [3.63, 3.8) is 0 Å². The predicted octanol–water partition coefficient (Wildman–Crippen LogP) is 6.87. The lowest BCUT2D eigenvalue weighted by Gasteiger charge is -2.19. The lowest BCUT2D eigenvalue weighted by atomic mass is 9.84. The maximum atomic E-state index is 9.86. The molecule has 130 valence electrons. The van der Waals surface area contributed by atoms with Crippen LogP contribution in [0.5, 0.6) is 0 Å². The number of rotatable bonds is 9. The first-order chi connectivity index (χ1) is 12.3. The first-order valence-electron chi connectivity index (χ1n) is 9.50. The lowest BCUT2D eigenvalue weighted by molar-refractivity contribution is 0.455. The van der Waals surface area contributed by atoms with Gasteiger partial charge in [-0.2, -0.15) is 5.26 Å². The van der Waals surface area contributed by atoms with Gasteiger partial charge in [0.25, 0.3) is 0 Å². The quantitative estimate of drug-likeness (QED) is 0.460. The molecule has 0 aliphatic carbocycles. The molecule has 0 radical (unpaired) electrons. The monoisotopic (exact) mass is 331 g/mol. The zero-order valence-corrected chi connectivity index (χ0v) is 15.5. The Labute approximate surface area is 153 Å². The first-order valence-corrected chi connectivity index (χ1v) is 9.50. The Morgan fingerprint density at radius 1 is 0.960 bits per heavy atom. The number of hydrogen-bond acceptors (Lipinski definition) is 1. The molecule has 2 rings (SSSR count). The van der Waals surface area contributed by atoms with E-state index in [4.69, 9.17) is 0 Å². The molecule has 0 aliphatic heterocycles. The van der Waals surface area contributed by atoms with E-state index in [-0.39, 0.29) is 5.92 Å². The maximum Gasteiger partial charge on any atom is 0.0953 e. The summed E-state index contributed by atoms with van der Waals surface area (Å²) in [6.07, 6.45) is 8.13. The molecule has 1 atom stereocenters. The van der Waals surface area contributed by atoms with Crippen LogP contribution in [0.2, 0.25) is 0 Å². The maximum absolute atomic E-state index is 9.86. The summed E-state index contributed by atoms with van der Waals surface area (Å²) in [5, 5.41) is 9.86. The third kappa shape index (κ3) is 5.61. The van der Waals surface area contributed by atoms with Gasteiger partial charge in [0.1, 0.15) is 0 Å². The summed E-state index contributed by atoms with van der Waals surface area (Å²) in [5.74, 6) is 0.701. The highest BCUT2D eigenvalue weighted by Crippen LogP contribution is 2.32. The van der Waals surface area contributed by atoms with Gasteiger partial charge in [0, 0.05) is 11.5 Å². The minimum Gasteiger partial charge on any atom is -0.193 e. The van der Waals surface area contributed by atoms with E-state index in [2.05, 4.69) is 74.5 Å². The minimum absolute atomic E-state index is 0.0241. The standard InChI is InChI=1S/C24H29N/c1-3-5-12-20(4-2)17-18-23(19-25)24(21-13-8-6-9-14-21)22-15-10-7-11-16-22/h6-11,13-16,18,20,24H,3-5,12,17H2,1-2H3. The highest BCUT2D eigenvalue weighted by atomic mass is 14.3. The van der Waals surface area contributed by atoms with Gasteiger partial charge in [0.05, 0.1) is 6.07 Å². The molecule has 0 aliphatic rings. The summed E-state index contributed by atoms with van der Waals surface area (Å²) in [5.41, 5.74) is 3.23. The smallest absolute Gasteiger partial charge is 0.0953 e. The third-order valence-corrected chi connectivity index (χ3v) is 4.92. The summed E-state index contributed by atoms with van der Waals surface area (Å²) >= 11 is 0. The Kier molecular flexibility index (Phi) is 7.99. The normalized spacial score (nSPS) is 12.8. The molecular formula is C24H29N. The molecule has 2 aromatic carbocycles. The molecule has 0 amide bonds. The Hall–Kier alpha value is -2.33. The van der Waals surface area contributed by atoms with Crippen molar-refractivity contribution in [3.05, 3.63) is 83.4 Å². The van der Waals surface area contributed by atoms with Crippen LogP contribution in [0.15, 0.2) is 72.3 Å². The van der Waals surface area contributed by atoms with Crippen LogP contribution in [0.1, 0.15) is 63.0 Å². The van der Waals surface area contributed by atoms with Crippen LogP contribution in [0.3, 0.4) is 0 Å². The first kappa shape index (κ1) is 19.0. The van der Waals surface area contributed by atoms with Crippen molar-refractivity contribution in [2.24, 2.45) is 5.92 Å². The summed E-state index contributed by atoms with van der Waals surface area (Å²) in [6, 6.07) is 23.2. The van der Waals surface area contributed by atoms with Crippen molar-refractivity contribution in [2.45, 2.75) is 51.9 Å². The van der Waals surface area contributed by atoms with E-state index in [1.807, 2.05) is 12.1 Å². The molecule has 1 unspecified atom stereocenters. The van der Waals surface area contributed by atoms with E-state index in [1.54, 1.807) is 0 Å². The van der Waals surface area contributed by atoms with Gasteiger partial charge in [0.15, 0.2) is 0 Å². The molecule has 1 heteroatoms. The molecule has 0 aromatic heterocycles. The second-order valence-electron chi connectivity index (χ2n) is 6.68. The van der Waals surface area contributed by atoms with Crippen LogP contribution >= 0.6 is 0 Å². The molecule has 0 bridgehead atoms. The fourth-order valence-electron chi connectivity index (χ4n) is 3.35. The second-order valence-corrected chi connectivity index (χ2v) is 6.68. The van der Waals surface area contributed by atoms with Crippen LogP contribution in [-0.4, -0.2) is 0 Å². The number of nitriles is 1. The van der Waals surface area contributed by atoms with E-state index in [9.17, 15) is 5.26 Å². The van der Waals surface area contributed by atoms with E-state index in [0.29, 0.717) is 5.92 Å². The Morgan fingerprint density at radius 3 is 1.96 bits per heavy atom. The van der Waals surface area contributed by atoms with Crippen molar-refractivity contribution in [1.82, 2.24) is 0 Å². The SMILES string of the molecule is CCCCC(CC)CC=C(C#N)C(c1ccccc1)c1ccccc1. The third-order valence-electron chi connectivity index (χ3n) is 4.92. The summed E-state index contributed by atoms with van der Waals surface area (Å²) < 4.78 is 0. The largest absolute Gasteiger partial charge is 0.193 e. The van der Waals surface area contributed by atoms with Gasteiger partial charge in [-0.25, -0.2) is 0 Å². The van der Waals surface area contributed by atoms with Gasteiger partial charge in [-0.05, 0) is 23.5 Å². The molecular weight excluding hydrogens is 302 g/mol. The highest BCUT2D eigenvalue weighted by Gasteiger charge is 2.19. The summed E-state index contributed by atoms with van der Waals surface area (Å²) in [7, 11) is 0. The zero-order chi connectivity index (χ0) is 17.9. The van der Waals surface area contributed by atoms with Gasteiger partial charge >= 0.3 is 0 Å². The zero-order valence-electron chi connectivity index (χ0n) is 15.5. The van der Waals surface area contributed by atoms with Crippen molar-refractivity contribution >= 4 is 0 Å². The van der Waals surface area contributed by atoms with Crippen LogP contribution in [0, 0.1) is 17.2 Å². The fourth-order valence-corrected chi connectivity index (χ4v) is 3.35. The molecule has 25 heavy (non-hydrogen) atoms. The fraction of sp³-hybridized carbons (Fsp3) is 0.375. The number of nitrogens with zero attached hydrogens (tertiary/aromatic N) is 1. The van der Waals surface area contributed by atoms with Gasteiger partial charge in [0.2, 0.25) is 0 Å². The lowest BCUT2D eigenvalue weighted by Crippen LogP contribution is -2.05. The van der Waals surface area contributed by atoms with Gasteiger partial charge in [-0.3, -0.25) is 0 Å². The van der Waals surface area contributed by atoms with Crippen LogP contribution in [0.4, 0.5) is 0 Å². The second kappa shape index (κ2) is 10.5. The number of allylic oxidation sites excluding steroid dienone is 2. The van der Waals surface area contributed by atoms with E-state index in [0.717, 1.165) is 12.0 Å². The minimum atomic E-state index is 0.0241. The Bertz CT molecular complexity index is 640. The van der Waals surface area contributed by atoms with Crippen molar-refractivity contribution in [2.75, 3.05) is 0 Å². The van der Waals surface area contributed by atoms with E-state index < -0.39 is 0 Å². The molecule has 0 saturated carbocycles. The molecule has 0 N–H and O–H groups in total. The van der Waals surface area contributed by atoms with E-state index in [1.165, 1.54) is 36.8 Å². The van der Waals surface area contributed by atoms with Gasteiger partial charge in [-0.1, -0.05) is 106 Å².